The van der Waals surface area contributed by atoms with Crippen LogP contribution in [-0.2, 0) is 6.42 Å². The highest BCUT2D eigenvalue weighted by Crippen LogP contribution is 2.43. The van der Waals surface area contributed by atoms with Gasteiger partial charge in [0.15, 0.2) is 5.78 Å². The van der Waals surface area contributed by atoms with E-state index in [1.54, 1.807) is 0 Å². The van der Waals surface area contributed by atoms with Crippen molar-refractivity contribution in [1.82, 2.24) is 4.98 Å². The highest BCUT2D eigenvalue weighted by atomic mass is 35.5. The minimum Gasteiger partial charge on any atom is -0.288 e. The van der Waals surface area contributed by atoms with Crippen LogP contribution in [0.1, 0.15) is 77.3 Å². The molecule has 0 bridgehead atoms. The molecule has 0 amide bonds. The van der Waals surface area contributed by atoms with Crippen molar-refractivity contribution in [1.29, 1.82) is 5.26 Å². The van der Waals surface area contributed by atoms with Crippen LogP contribution in [0.15, 0.2) is 72.8 Å². The number of nitriles is 1. The van der Waals surface area contributed by atoms with Gasteiger partial charge >= 0.3 is 0 Å². The van der Waals surface area contributed by atoms with E-state index in [0.717, 1.165) is 23.1 Å². The third-order valence-corrected chi connectivity index (χ3v) is 7.32. The zero-order valence-electron chi connectivity index (χ0n) is 21.5. The Morgan fingerprint density at radius 1 is 0.868 bits per heavy atom. The molecule has 1 aliphatic rings. The predicted molar refractivity (Wildman–Crippen MR) is 156 cm³/mol. The molecule has 3 aromatic carbocycles. The van der Waals surface area contributed by atoms with E-state index in [4.69, 9.17) is 16.6 Å². The average Bonchev–Trinajstić information content (AvgIpc) is 3.23. The summed E-state index contributed by atoms with van der Waals surface area (Å²) in [4.78, 5) is 18.4. The predicted octanol–water partition coefficient (Wildman–Crippen LogP) is 9.17. The Bertz CT molecular complexity index is 1560. The van der Waals surface area contributed by atoms with Gasteiger partial charge < -0.3 is 0 Å². The summed E-state index contributed by atoms with van der Waals surface area (Å²) >= 11 is 6.17. The van der Waals surface area contributed by atoms with Gasteiger partial charge in [0, 0.05) is 21.7 Å². The summed E-state index contributed by atoms with van der Waals surface area (Å²) in [6.45, 7) is 2.23. The highest BCUT2D eigenvalue weighted by Gasteiger charge is 2.33. The van der Waals surface area contributed by atoms with Crippen LogP contribution in [0.4, 0.5) is 0 Å². The summed E-state index contributed by atoms with van der Waals surface area (Å²) in [6, 6.07) is 25.7. The Morgan fingerprint density at radius 2 is 1.63 bits per heavy atom. The van der Waals surface area contributed by atoms with Crippen molar-refractivity contribution in [3.8, 4) is 28.5 Å². The van der Waals surface area contributed by atoms with Gasteiger partial charge in [-0.25, -0.2) is 4.98 Å². The Morgan fingerprint density at radius 3 is 2.37 bits per heavy atom. The zero-order chi connectivity index (χ0) is 26.5. The summed E-state index contributed by atoms with van der Waals surface area (Å²) in [6.07, 6.45) is 11.0. The average molecular weight is 517 g/mol. The molecule has 38 heavy (non-hydrogen) atoms. The molecular formula is C34H29ClN2O. The molecular weight excluding hydrogens is 488 g/mol. The number of hydrogen-bond acceptors (Lipinski definition) is 3. The van der Waals surface area contributed by atoms with E-state index in [9.17, 15) is 10.1 Å². The quantitative estimate of drug-likeness (QED) is 0.183. The molecule has 0 saturated heterocycles. The van der Waals surface area contributed by atoms with Crippen LogP contribution in [0, 0.1) is 11.3 Å². The fourth-order valence-electron chi connectivity index (χ4n) is 5.12. The topological polar surface area (TPSA) is 53.8 Å². The van der Waals surface area contributed by atoms with Crippen molar-refractivity contribution < 1.29 is 4.79 Å². The molecule has 1 aromatic heterocycles. The SMILES string of the molecule is CCCCCCCc1ccc(-c2c(C#N)c(C=Cc3cccc(Cl)c3)nc3c2C(=O)c2ccccc2-3)cc1. The van der Waals surface area contributed by atoms with Crippen molar-refractivity contribution in [2.24, 2.45) is 0 Å². The number of fused-ring (bicyclic) bond motifs is 3. The zero-order valence-corrected chi connectivity index (χ0v) is 22.3. The second-order valence-corrected chi connectivity index (χ2v) is 10.1. The highest BCUT2D eigenvalue weighted by molar-refractivity contribution is 6.30. The first-order valence-electron chi connectivity index (χ1n) is 13.3. The Balaban J connectivity index is 1.59. The van der Waals surface area contributed by atoms with Crippen LogP contribution in [-0.4, -0.2) is 10.8 Å². The number of nitrogens with zero attached hydrogens (tertiary/aromatic N) is 2. The molecule has 0 saturated carbocycles. The van der Waals surface area contributed by atoms with Crippen molar-refractivity contribution >= 4 is 29.5 Å². The van der Waals surface area contributed by atoms with E-state index >= 15 is 0 Å². The first-order chi connectivity index (χ1) is 18.6. The molecule has 0 N–H and O–H groups in total. The maximum Gasteiger partial charge on any atom is 0.196 e. The molecule has 0 fully saturated rings. The molecule has 3 nitrogen and oxygen atoms in total. The lowest BCUT2D eigenvalue weighted by Gasteiger charge is -2.13. The first-order valence-corrected chi connectivity index (χ1v) is 13.6. The van der Waals surface area contributed by atoms with Crippen molar-refractivity contribution in [3.05, 3.63) is 111 Å². The minimum atomic E-state index is -0.0834. The Kier molecular flexibility index (Phi) is 7.82. The van der Waals surface area contributed by atoms with Crippen molar-refractivity contribution in [2.75, 3.05) is 0 Å². The van der Waals surface area contributed by atoms with Gasteiger partial charge in [-0.1, -0.05) is 111 Å². The molecule has 1 aliphatic carbocycles. The van der Waals surface area contributed by atoms with Crippen molar-refractivity contribution in [2.45, 2.75) is 45.4 Å². The van der Waals surface area contributed by atoms with Gasteiger partial charge in [-0.05, 0) is 47.7 Å². The lowest BCUT2D eigenvalue weighted by Crippen LogP contribution is -2.04. The molecule has 5 rings (SSSR count). The Hall–Kier alpha value is -4.00. The van der Waals surface area contributed by atoms with Crippen LogP contribution in [0.3, 0.4) is 0 Å². The second-order valence-electron chi connectivity index (χ2n) is 9.71. The van der Waals surface area contributed by atoms with Gasteiger partial charge in [-0.3, -0.25) is 4.79 Å². The lowest BCUT2D eigenvalue weighted by atomic mass is 9.91. The molecule has 1 heterocycles. The van der Waals surface area contributed by atoms with Gasteiger partial charge in [0.2, 0.25) is 0 Å². The summed E-state index contributed by atoms with van der Waals surface area (Å²) in [5.41, 5.74) is 7.18. The molecule has 0 spiro atoms. The second kappa shape index (κ2) is 11.6. The number of benzene rings is 3. The number of aryl methyl sites for hydroxylation is 1. The van der Waals surface area contributed by atoms with Gasteiger partial charge in [0.1, 0.15) is 6.07 Å². The van der Waals surface area contributed by atoms with E-state index < -0.39 is 0 Å². The summed E-state index contributed by atoms with van der Waals surface area (Å²) < 4.78 is 0. The number of carbonyl (C=O) groups is 1. The molecule has 0 aliphatic heterocycles. The molecule has 4 aromatic rings. The molecule has 0 unspecified atom stereocenters. The van der Waals surface area contributed by atoms with E-state index in [1.165, 1.54) is 37.7 Å². The monoisotopic (exact) mass is 516 g/mol. The molecule has 0 atom stereocenters. The minimum absolute atomic E-state index is 0.0834. The maximum absolute atomic E-state index is 13.6. The number of halogens is 1. The standard InChI is InChI=1S/C34H29ClN2O/c1-2-3-4-5-6-10-23-15-18-25(19-16-23)31-29(22-36)30(20-17-24-11-9-12-26(35)21-24)37-33-27-13-7-8-14-28(27)34(38)32(31)33/h7-9,11-21H,2-6,10H2,1H3. The number of carbonyl (C=O) groups excluding carboxylic acids is 1. The smallest absolute Gasteiger partial charge is 0.196 e. The third kappa shape index (κ3) is 5.19. The van der Waals surface area contributed by atoms with Crippen LogP contribution >= 0.6 is 11.6 Å². The lowest BCUT2D eigenvalue weighted by molar-refractivity contribution is 0.104. The largest absolute Gasteiger partial charge is 0.288 e. The van der Waals surface area contributed by atoms with Crippen molar-refractivity contribution in [3.63, 3.8) is 0 Å². The van der Waals surface area contributed by atoms with Crippen LogP contribution < -0.4 is 0 Å². The third-order valence-electron chi connectivity index (χ3n) is 7.08. The number of aromatic nitrogens is 1. The molecule has 0 radical (unpaired) electrons. The Labute approximate surface area is 229 Å². The van der Waals surface area contributed by atoms with E-state index in [1.807, 2.05) is 72.8 Å². The van der Waals surface area contributed by atoms with Gasteiger partial charge in [-0.15, -0.1) is 0 Å². The van der Waals surface area contributed by atoms with E-state index in [2.05, 4.69) is 25.1 Å². The van der Waals surface area contributed by atoms with Gasteiger partial charge in [-0.2, -0.15) is 5.26 Å². The number of ketones is 1. The molecule has 4 heteroatoms. The number of pyridine rings is 1. The van der Waals surface area contributed by atoms with Crippen LogP contribution in [0.5, 0.6) is 0 Å². The number of rotatable bonds is 9. The van der Waals surface area contributed by atoms with Crippen LogP contribution in [0.25, 0.3) is 34.5 Å². The normalized spacial score (nSPS) is 12.0. The number of unbranched alkanes of at least 4 members (excludes halogenated alkanes) is 4. The first kappa shape index (κ1) is 25.6. The summed E-state index contributed by atoms with van der Waals surface area (Å²) in [5, 5.41) is 11.0. The fourth-order valence-corrected chi connectivity index (χ4v) is 5.32. The number of hydrogen-bond donors (Lipinski definition) is 0. The maximum atomic E-state index is 13.6. The summed E-state index contributed by atoms with van der Waals surface area (Å²) in [7, 11) is 0. The van der Waals surface area contributed by atoms with Gasteiger partial charge in [0.05, 0.1) is 22.5 Å². The van der Waals surface area contributed by atoms with E-state index in [-0.39, 0.29) is 5.78 Å². The summed E-state index contributed by atoms with van der Waals surface area (Å²) in [5.74, 6) is -0.0834. The van der Waals surface area contributed by atoms with Crippen LogP contribution in [0.2, 0.25) is 5.02 Å². The molecule has 188 valence electrons. The van der Waals surface area contributed by atoms with E-state index in [0.29, 0.717) is 38.7 Å². The van der Waals surface area contributed by atoms with Gasteiger partial charge in [0.25, 0.3) is 0 Å². The fraction of sp³-hybridized carbons (Fsp3) is 0.206.